The van der Waals surface area contributed by atoms with Gasteiger partial charge in [0.2, 0.25) is 0 Å². The Morgan fingerprint density at radius 3 is 1.87 bits per heavy atom. The number of unbranched alkanes of at least 4 members (excludes halogenated alkanes) is 4. The smallest absolute Gasteiger partial charge is 0.146 e. The summed E-state index contributed by atoms with van der Waals surface area (Å²) >= 11 is 0. The fourth-order valence-electron chi connectivity index (χ4n) is 1.85. The van der Waals surface area contributed by atoms with Crippen LogP contribution in [0.3, 0.4) is 0 Å². The lowest BCUT2D eigenvalue weighted by molar-refractivity contribution is -0.0194. The summed E-state index contributed by atoms with van der Waals surface area (Å²) in [5.41, 5.74) is 0.352. The molecule has 1 nitrogen and oxygen atoms in total. The van der Waals surface area contributed by atoms with E-state index in [1.165, 1.54) is 38.5 Å². The van der Waals surface area contributed by atoms with Crippen molar-refractivity contribution in [3.63, 3.8) is 0 Å². The SMILES string of the molecule is CCCCCCCC(C)(O[SiH3])C(C)(C)C. The highest BCUT2D eigenvalue weighted by Gasteiger charge is 2.36. The van der Waals surface area contributed by atoms with Crippen LogP contribution in [-0.4, -0.2) is 16.1 Å². The standard InChI is InChI=1S/C13H30OSi/c1-6-7-8-9-10-11-13(5,14-15)12(2,3)4/h6-11H2,1-5,15H3. The van der Waals surface area contributed by atoms with E-state index in [1.54, 1.807) is 0 Å². The van der Waals surface area contributed by atoms with Crippen molar-refractivity contribution >= 4 is 10.5 Å². The van der Waals surface area contributed by atoms with Gasteiger partial charge in [0.1, 0.15) is 10.5 Å². The Labute approximate surface area is 99.5 Å². The molecule has 0 spiro atoms. The van der Waals surface area contributed by atoms with Gasteiger partial charge < -0.3 is 4.43 Å². The second-order valence-electron chi connectivity index (χ2n) is 5.85. The van der Waals surface area contributed by atoms with Crippen LogP contribution >= 0.6 is 0 Å². The molecule has 0 radical (unpaired) electrons. The van der Waals surface area contributed by atoms with Gasteiger partial charge >= 0.3 is 0 Å². The topological polar surface area (TPSA) is 9.23 Å². The minimum atomic E-state index is 0.0887. The van der Waals surface area contributed by atoms with Gasteiger partial charge in [-0.1, -0.05) is 59.8 Å². The number of rotatable bonds is 7. The van der Waals surface area contributed by atoms with Crippen LogP contribution in [0.15, 0.2) is 0 Å². The molecule has 0 amide bonds. The molecule has 15 heavy (non-hydrogen) atoms. The quantitative estimate of drug-likeness (QED) is 0.481. The molecular weight excluding hydrogens is 200 g/mol. The van der Waals surface area contributed by atoms with E-state index in [0.717, 1.165) is 10.5 Å². The molecule has 1 unspecified atom stereocenters. The van der Waals surface area contributed by atoms with Gasteiger partial charge in [-0.2, -0.15) is 0 Å². The number of hydrogen-bond donors (Lipinski definition) is 0. The second kappa shape index (κ2) is 6.69. The van der Waals surface area contributed by atoms with Crippen molar-refractivity contribution in [1.82, 2.24) is 0 Å². The lowest BCUT2D eigenvalue weighted by Gasteiger charge is -2.41. The van der Waals surface area contributed by atoms with Gasteiger partial charge in [-0.15, -0.1) is 0 Å². The average molecular weight is 230 g/mol. The highest BCUT2D eigenvalue weighted by atomic mass is 28.2. The van der Waals surface area contributed by atoms with Crippen molar-refractivity contribution in [1.29, 1.82) is 0 Å². The Balaban J connectivity index is 3.90. The van der Waals surface area contributed by atoms with Crippen LogP contribution in [-0.2, 0) is 4.43 Å². The van der Waals surface area contributed by atoms with E-state index in [1.807, 2.05) is 0 Å². The monoisotopic (exact) mass is 230 g/mol. The van der Waals surface area contributed by atoms with Crippen molar-refractivity contribution in [3.05, 3.63) is 0 Å². The third-order valence-electron chi connectivity index (χ3n) is 3.79. The first-order chi connectivity index (χ1) is 6.87. The Bertz CT molecular complexity index is 162. The Morgan fingerprint density at radius 1 is 0.933 bits per heavy atom. The maximum absolute atomic E-state index is 5.85. The molecule has 0 aliphatic carbocycles. The summed E-state index contributed by atoms with van der Waals surface area (Å²) in [5, 5.41) is 0. The molecule has 0 aromatic rings. The summed E-state index contributed by atoms with van der Waals surface area (Å²) in [6, 6.07) is 0. The second-order valence-corrected chi connectivity index (χ2v) is 6.26. The minimum absolute atomic E-state index is 0.0887. The molecule has 0 N–H and O–H groups in total. The van der Waals surface area contributed by atoms with E-state index in [2.05, 4.69) is 34.6 Å². The summed E-state index contributed by atoms with van der Waals surface area (Å²) < 4.78 is 5.85. The van der Waals surface area contributed by atoms with Crippen LogP contribution in [0, 0.1) is 5.41 Å². The maximum Gasteiger partial charge on any atom is 0.146 e. The third kappa shape index (κ3) is 5.16. The molecule has 0 aromatic carbocycles. The van der Waals surface area contributed by atoms with E-state index in [-0.39, 0.29) is 11.0 Å². The van der Waals surface area contributed by atoms with Gasteiger partial charge in [-0.3, -0.25) is 0 Å². The van der Waals surface area contributed by atoms with Gasteiger partial charge in [0, 0.05) is 0 Å². The molecule has 0 aliphatic heterocycles. The predicted molar refractivity (Wildman–Crippen MR) is 72.3 cm³/mol. The molecule has 1 atom stereocenters. The Kier molecular flexibility index (Phi) is 6.77. The normalized spacial score (nSPS) is 16.6. The molecule has 92 valence electrons. The van der Waals surface area contributed by atoms with Gasteiger partial charge in [-0.05, 0) is 18.8 Å². The lowest BCUT2D eigenvalue weighted by Crippen LogP contribution is -2.42. The predicted octanol–water partition coefficient (Wildman–Crippen LogP) is 3.45. The first-order valence-corrected chi connectivity index (χ1v) is 7.24. The Morgan fingerprint density at radius 2 is 1.47 bits per heavy atom. The largest absolute Gasteiger partial charge is 0.422 e. The van der Waals surface area contributed by atoms with E-state index in [9.17, 15) is 0 Å². The highest BCUT2D eigenvalue weighted by Crippen LogP contribution is 2.37. The maximum atomic E-state index is 5.85. The van der Waals surface area contributed by atoms with Crippen molar-refractivity contribution in [2.75, 3.05) is 0 Å². The molecule has 0 bridgehead atoms. The summed E-state index contributed by atoms with van der Waals surface area (Å²) in [6.07, 6.45) is 7.99. The summed E-state index contributed by atoms with van der Waals surface area (Å²) in [5.74, 6) is 0. The zero-order valence-electron chi connectivity index (χ0n) is 11.7. The van der Waals surface area contributed by atoms with E-state index < -0.39 is 0 Å². The Hall–Kier alpha value is 0.177. The molecule has 0 rings (SSSR count). The lowest BCUT2D eigenvalue weighted by atomic mass is 9.75. The van der Waals surface area contributed by atoms with E-state index >= 15 is 0 Å². The number of hydrogen-bond acceptors (Lipinski definition) is 1. The molecule has 0 aliphatic rings. The zero-order valence-corrected chi connectivity index (χ0v) is 13.7. The molecule has 0 saturated carbocycles. The summed E-state index contributed by atoms with van der Waals surface area (Å²) in [6.45, 7) is 11.4. The fourth-order valence-corrected chi connectivity index (χ4v) is 2.67. The van der Waals surface area contributed by atoms with Crippen LogP contribution in [0.4, 0.5) is 0 Å². The van der Waals surface area contributed by atoms with Gasteiger partial charge in [0.05, 0.1) is 5.60 Å². The first kappa shape index (κ1) is 15.2. The van der Waals surface area contributed by atoms with Crippen molar-refractivity contribution < 1.29 is 4.43 Å². The first-order valence-electron chi connectivity index (χ1n) is 6.42. The third-order valence-corrected chi connectivity index (χ3v) is 4.70. The molecule has 0 heterocycles. The summed E-state index contributed by atoms with van der Waals surface area (Å²) in [7, 11) is 0.847. The van der Waals surface area contributed by atoms with Crippen molar-refractivity contribution in [3.8, 4) is 0 Å². The van der Waals surface area contributed by atoms with E-state index in [0.29, 0.717) is 0 Å². The zero-order chi connectivity index (χ0) is 11.9. The van der Waals surface area contributed by atoms with Crippen LogP contribution in [0.1, 0.15) is 73.1 Å². The summed E-state index contributed by atoms with van der Waals surface area (Å²) in [4.78, 5) is 0. The van der Waals surface area contributed by atoms with Crippen LogP contribution < -0.4 is 0 Å². The van der Waals surface area contributed by atoms with Gasteiger partial charge in [0.15, 0.2) is 0 Å². The highest BCUT2D eigenvalue weighted by molar-refractivity contribution is 5.98. The van der Waals surface area contributed by atoms with Crippen LogP contribution in [0.2, 0.25) is 0 Å². The van der Waals surface area contributed by atoms with Crippen LogP contribution in [0.5, 0.6) is 0 Å². The van der Waals surface area contributed by atoms with Gasteiger partial charge in [-0.25, -0.2) is 0 Å². The molecule has 0 fully saturated rings. The average Bonchev–Trinajstić information content (AvgIpc) is 2.15. The van der Waals surface area contributed by atoms with Crippen molar-refractivity contribution in [2.24, 2.45) is 5.41 Å². The fraction of sp³-hybridized carbons (Fsp3) is 1.00. The minimum Gasteiger partial charge on any atom is -0.422 e. The molecule has 0 saturated heterocycles. The van der Waals surface area contributed by atoms with Crippen molar-refractivity contribution in [2.45, 2.75) is 78.7 Å². The molecule has 2 heteroatoms. The molecule has 0 aromatic heterocycles. The van der Waals surface area contributed by atoms with Crippen LogP contribution in [0.25, 0.3) is 0 Å². The molecular formula is C13H30OSi. The van der Waals surface area contributed by atoms with Gasteiger partial charge in [0.25, 0.3) is 0 Å². The van der Waals surface area contributed by atoms with E-state index in [4.69, 9.17) is 4.43 Å².